The first-order valence-corrected chi connectivity index (χ1v) is 5.99. The van der Waals surface area contributed by atoms with Gasteiger partial charge < -0.3 is 15.0 Å². The predicted octanol–water partition coefficient (Wildman–Crippen LogP) is 2.42. The average molecular weight is 245 g/mol. The molecule has 0 fully saturated rings. The zero-order chi connectivity index (χ0) is 13.1. The van der Waals surface area contributed by atoms with Gasteiger partial charge in [-0.1, -0.05) is 0 Å². The third kappa shape index (κ3) is 2.38. The van der Waals surface area contributed by atoms with Gasteiger partial charge in [-0.15, -0.1) is 0 Å². The van der Waals surface area contributed by atoms with E-state index in [0.29, 0.717) is 0 Å². The van der Waals surface area contributed by atoms with Crippen molar-refractivity contribution in [2.45, 2.75) is 20.4 Å². The van der Waals surface area contributed by atoms with Gasteiger partial charge in [-0.3, -0.25) is 0 Å². The fraction of sp³-hybridized carbons (Fsp3) is 0.357. The lowest BCUT2D eigenvalue weighted by molar-refractivity contribution is 0.416. The van der Waals surface area contributed by atoms with Crippen molar-refractivity contribution in [3.05, 3.63) is 35.3 Å². The van der Waals surface area contributed by atoms with E-state index in [2.05, 4.69) is 41.3 Å². The lowest BCUT2D eigenvalue weighted by atomic mass is 10.0. The van der Waals surface area contributed by atoms with Gasteiger partial charge in [-0.25, -0.2) is 4.98 Å². The Morgan fingerprint density at radius 3 is 2.67 bits per heavy atom. The second-order valence-electron chi connectivity index (χ2n) is 4.41. The van der Waals surface area contributed by atoms with Gasteiger partial charge in [0.2, 0.25) is 0 Å². The van der Waals surface area contributed by atoms with E-state index in [-0.39, 0.29) is 0 Å². The first kappa shape index (κ1) is 12.6. The maximum atomic E-state index is 5.44. The number of benzene rings is 1. The van der Waals surface area contributed by atoms with Gasteiger partial charge >= 0.3 is 0 Å². The Balaban J connectivity index is 2.45. The quantitative estimate of drug-likeness (QED) is 0.869. The highest BCUT2D eigenvalue weighted by Gasteiger charge is 2.10. The average Bonchev–Trinajstić information content (AvgIpc) is 2.81. The summed E-state index contributed by atoms with van der Waals surface area (Å²) in [5, 5.41) is 3.07. The SMILES string of the molecule is CNCc1ncc(-c2cc(C)c(C)cc2OC)[nH]1. The molecule has 0 unspecified atom stereocenters. The summed E-state index contributed by atoms with van der Waals surface area (Å²) in [6, 6.07) is 4.19. The van der Waals surface area contributed by atoms with Gasteiger partial charge in [0.15, 0.2) is 0 Å². The molecule has 2 aromatic rings. The molecule has 0 amide bonds. The highest BCUT2D eigenvalue weighted by Crippen LogP contribution is 2.31. The van der Waals surface area contributed by atoms with Crippen molar-refractivity contribution in [1.29, 1.82) is 0 Å². The first-order valence-electron chi connectivity index (χ1n) is 5.99. The number of ether oxygens (including phenoxy) is 1. The van der Waals surface area contributed by atoms with E-state index in [4.69, 9.17) is 4.74 Å². The van der Waals surface area contributed by atoms with Crippen molar-refractivity contribution in [2.24, 2.45) is 0 Å². The number of aromatic nitrogens is 2. The van der Waals surface area contributed by atoms with Gasteiger partial charge in [-0.2, -0.15) is 0 Å². The fourth-order valence-electron chi connectivity index (χ4n) is 1.93. The van der Waals surface area contributed by atoms with E-state index in [9.17, 15) is 0 Å². The molecule has 18 heavy (non-hydrogen) atoms. The third-order valence-electron chi connectivity index (χ3n) is 3.08. The maximum absolute atomic E-state index is 5.44. The van der Waals surface area contributed by atoms with Crippen LogP contribution in [0.25, 0.3) is 11.3 Å². The Morgan fingerprint density at radius 1 is 1.28 bits per heavy atom. The topological polar surface area (TPSA) is 49.9 Å². The van der Waals surface area contributed by atoms with E-state index in [1.807, 2.05) is 13.2 Å². The van der Waals surface area contributed by atoms with Crippen molar-refractivity contribution in [3.8, 4) is 17.0 Å². The van der Waals surface area contributed by atoms with Gasteiger partial charge in [0.05, 0.1) is 25.5 Å². The van der Waals surface area contributed by atoms with Crippen LogP contribution in [0.2, 0.25) is 0 Å². The molecule has 0 aliphatic rings. The zero-order valence-electron chi connectivity index (χ0n) is 11.3. The lowest BCUT2D eigenvalue weighted by Gasteiger charge is -2.10. The highest BCUT2D eigenvalue weighted by atomic mass is 16.5. The Morgan fingerprint density at radius 2 is 2.00 bits per heavy atom. The summed E-state index contributed by atoms with van der Waals surface area (Å²) in [7, 11) is 3.59. The van der Waals surface area contributed by atoms with Gasteiger partial charge in [-0.05, 0) is 44.2 Å². The summed E-state index contributed by atoms with van der Waals surface area (Å²) in [6.07, 6.45) is 1.85. The summed E-state index contributed by atoms with van der Waals surface area (Å²) in [4.78, 5) is 7.63. The molecular weight excluding hydrogens is 226 g/mol. The number of aromatic amines is 1. The third-order valence-corrected chi connectivity index (χ3v) is 3.08. The van der Waals surface area contributed by atoms with E-state index >= 15 is 0 Å². The van der Waals surface area contributed by atoms with Crippen LogP contribution in [0.4, 0.5) is 0 Å². The van der Waals surface area contributed by atoms with Crippen molar-refractivity contribution >= 4 is 0 Å². The molecule has 2 rings (SSSR count). The smallest absolute Gasteiger partial charge is 0.128 e. The normalized spacial score (nSPS) is 10.7. The first-order chi connectivity index (χ1) is 8.65. The number of hydrogen-bond donors (Lipinski definition) is 2. The van der Waals surface area contributed by atoms with Crippen LogP contribution in [0, 0.1) is 13.8 Å². The van der Waals surface area contributed by atoms with Crippen LogP contribution in [-0.4, -0.2) is 24.1 Å². The lowest BCUT2D eigenvalue weighted by Crippen LogP contribution is -2.06. The molecule has 0 aliphatic heterocycles. The summed E-state index contributed by atoms with van der Waals surface area (Å²) >= 11 is 0. The predicted molar refractivity (Wildman–Crippen MR) is 72.8 cm³/mol. The van der Waals surface area contributed by atoms with Crippen molar-refractivity contribution in [1.82, 2.24) is 15.3 Å². The summed E-state index contributed by atoms with van der Waals surface area (Å²) < 4.78 is 5.44. The van der Waals surface area contributed by atoms with Crippen LogP contribution in [0.1, 0.15) is 17.0 Å². The number of H-pyrrole nitrogens is 1. The number of imidazole rings is 1. The van der Waals surface area contributed by atoms with Crippen molar-refractivity contribution in [3.63, 3.8) is 0 Å². The number of rotatable bonds is 4. The zero-order valence-corrected chi connectivity index (χ0v) is 11.3. The minimum Gasteiger partial charge on any atom is -0.496 e. The fourth-order valence-corrected chi connectivity index (χ4v) is 1.93. The largest absolute Gasteiger partial charge is 0.496 e. The van der Waals surface area contributed by atoms with E-state index in [1.165, 1.54) is 11.1 Å². The van der Waals surface area contributed by atoms with E-state index < -0.39 is 0 Å². The molecule has 4 heteroatoms. The van der Waals surface area contributed by atoms with Crippen LogP contribution < -0.4 is 10.1 Å². The second-order valence-corrected chi connectivity index (χ2v) is 4.41. The standard InChI is InChI=1S/C14H19N3O/c1-9-5-11(13(18-4)6-10(9)2)12-7-16-14(17-12)8-15-3/h5-7,15H,8H2,1-4H3,(H,16,17). The molecule has 96 valence electrons. The van der Waals surface area contributed by atoms with Crippen LogP contribution in [0.5, 0.6) is 5.75 Å². The van der Waals surface area contributed by atoms with Gasteiger partial charge in [0, 0.05) is 5.56 Å². The summed E-state index contributed by atoms with van der Waals surface area (Å²) in [6.45, 7) is 4.91. The van der Waals surface area contributed by atoms with Crippen LogP contribution in [0.15, 0.2) is 18.3 Å². The monoisotopic (exact) mass is 245 g/mol. The Bertz CT molecular complexity index is 546. The molecule has 2 N–H and O–H groups in total. The second kappa shape index (κ2) is 5.23. The molecule has 1 heterocycles. The van der Waals surface area contributed by atoms with Gasteiger partial charge in [0.25, 0.3) is 0 Å². The van der Waals surface area contributed by atoms with Crippen LogP contribution in [0.3, 0.4) is 0 Å². The molecular formula is C14H19N3O. The molecule has 0 aliphatic carbocycles. The molecule has 0 spiro atoms. The van der Waals surface area contributed by atoms with Crippen molar-refractivity contribution < 1.29 is 4.74 Å². The molecule has 1 aromatic carbocycles. The summed E-state index contributed by atoms with van der Waals surface area (Å²) in [5.41, 5.74) is 4.51. The van der Waals surface area contributed by atoms with E-state index in [1.54, 1.807) is 7.11 Å². The molecule has 0 atom stereocenters. The number of methoxy groups -OCH3 is 1. The molecule has 0 bridgehead atoms. The molecule has 1 aromatic heterocycles. The van der Waals surface area contributed by atoms with Crippen molar-refractivity contribution in [2.75, 3.05) is 14.2 Å². The minimum atomic E-state index is 0.729. The Kier molecular flexibility index (Phi) is 3.67. The molecule has 4 nitrogen and oxygen atoms in total. The molecule has 0 saturated heterocycles. The Labute approximate surface area is 107 Å². The van der Waals surface area contributed by atoms with Crippen LogP contribution >= 0.6 is 0 Å². The number of hydrogen-bond acceptors (Lipinski definition) is 3. The highest BCUT2D eigenvalue weighted by molar-refractivity contribution is 5.68. The van der Waals surface area contributed by atoms with Gasteiger partial charge in [0.1, 0.15) is 11.6 Å². The van der Waals surface area contributed by atoms with E-state index in [0.717, 1.165) is 29.4 Å². The molecule has 0 radical (unpaired) electrons. The number of nitrogens with zero attached hydrogens (tertiary/aromatic N) is 1. The Hall–Kier alpha value is -1.81. The maximum Gasteiger partial charge on any atom is 0.128 e. The van der Waals surface area contributed by atoms with Crippen LogP contribution in [-0.2, 0) is 6.54 Å². The minimum absolute atomic E-state index is 0.729. The molecule has 0 saturated carbocycles. The summed E-state index contributed by atoms with van der Waals surface area (Å²) in [5.74, 6) is 1.80. The number of nitrogens with one attached hydrogen (secondary N) is 2. The number of aryl methyl sites for hydroxylation is 2.